The molecule has 0 saturated heterocycles. The van der Waals surface area contributed by atoms with E-state index in [0.717, 1.165) is 16.5 Å². The summed E-state index contributed by atoms with van der Waals surface area (Å²) in [6.45, 7) is 2.15. The van der Waals surface area contributed by atoms with Crippen molar-refractivity contribution in [1.82, 2.24) is 20.1 Å². The van der Waals surface area contributed by atoms with E-state index in [2.05, 4.69) is 15.5 Å². The van der Waals surface area contributed by atoms with Crippen LogP contribution in [0.1, 0.15) is 11.5 Å². The number of nitrogens with one attached hydrogen (secondary N) is 1. The molecular formula is C20H17FN4O2. The molecule has 1 amide bonds. The topological polar surface area (TPSA) is 73.0 Å². The van der Waals surface area contributed by atoms with Crippen molar-refractivity contribution in [2.75, 3.05) is 0 Å². The van der Waals surface area contributed by atoms with E-state index >= 15 is 0 Å². The summed E-state index contributed by atoms with van der Waals surface area (Å²) in [7, 11) is 0. The fourth-order valence-corrected chi connectivity index (χ4v) is 2.96. The van der Waals surface area contributed by atoms with Crippen molar-refractivity contribution in [1.29, 1.82) is 0 Å². The number of rotatable bonds is 5. The fraction of sp³-hybridized carbons (Fsp3) is 0.150. The second-order valence-electron chi connectivity index (χ2n) is 6.20. The molecule has 0 atom stereocenters. The maximum Gasteiger partial charge on any atom is 0.264 e. The van der Waals surface area contributed by atoms with Crippen LogP contribution in [0.25, 0.3) is 22.5 Å². The lowest BCUT2D eigenvalue weighted by Crippen LogP contribution is -2.27. The first-order valence-electron chi connectivity index (χ1n) is 8.50. The van der Waals surface area contributed by atoms with Gasteiger partial charge in [-0.25, -0.2) is 4.39 Å². The molecule has 4 rings (SSSR count). The number of fused-ring (bicyclic) bond motifs is 1. The molecule has 0 aliphatic carbocycles. The van der Waals surface area contributed by atoms with Gasteiger partial charge in [-0.2, -0.15) is 0 Å². The van der Waals surface area contributed by atoms with Crippen LogP contribution in [0.2, 0.25) is 0 Å². The van der Waals surface area contributed by atoms with Gasteiger partial charge in [-0.15, -0.1) is 10.2 Å². The summed E-state index contributed by atoms with van der Waals surface area (Å²) in [5.74, 6) is 0.360. The summed E-state index contributed by atoms with van der Waals surface area (Å²) in [6.07, 6.45) is 0. The summed E-state index contributed by atoms with van der Waals surface area (Å²) in [5, 5.41) is 11.8. The summed E-state index contributed by atoms with van der Waals surface area (Å²) < 4.78 is 20.4. The van der Waals surface area contributed by atoms with Gasteiger partial charge in [0.05, 0.1) is 0 Å². The number of hydrogen-bond acceptors (Lipinski definition) is 4. The summed E-state index contributed by atoms with van der Waals surface area (Å²) in [6, 6.07) is 15.7. The zero-order valence-electron chi connectivity index (χ0n) is 14.6. The Morgan fingerprint density at radius 2 is 1.93 bits per heavy atom. The first-order chi connectivity index (χ1) is 13.1. The number of aryl methyl sites for hydroxylation is 1. The predicted octanol–water partition coefficient (Wildman–Crippen LogP) is 3.46. The van der Waals surface area contributed by atoms with E-state index in [0.29, 0.717) is 24.0 Å². The van der Waals surface area contributed by atoms with Gasteiger partial charge in [0, 0.05) is 24.4 Å². The minimum atomic E-state index is -0.302. The molecule has 0 aliphatic heterocycles. The number of hydrogen-bond donors (Lipinski definition) is 1. The van der Waals surface area contributed by atoms with Crippen LogP contribution in [0.5, 0.6) is 0 Å². The molecule has 2 heterocycles. The second-order valence-corrected chi connectivity index (χ2v) is 6.20. The molecule has 6 nitrogen and oxygen atoms in total. The Kier molecular flexibility index (Phi) is 4.42. The smallest absolute Gasteiger partial charge is 0.264 e. The highest BCUT2D eigenvalue weighted by Gasteiger charge is 2.17. The first kappa shape index (κ1) is 17.0. The lowest BCUT2D eigenvalue weighted by molar-refractivity contribution is -0.121. The summed E-state index contributed by atoms with van der Waals surface area (Å²) in [5.41, 5.74) is 2.42. The van der Waals surface area contributed by atoms with Crippen molar-refractivity contribution in [2.24, 2.45) is 0 Å². The SMILES string of the molecule is Cc1nnc(-c2cc3ccccc3n2CC(=O)NCc2ccc(F)cc2)o1. The molecule has 0 fully saturated rings. The summed E-state index contributed by atoms with van der Waals surface area (Å²) in [4.78, 5) is 12.5. The van der Waals surface area contributed by atoms with Crippen LogP contribution in [0.3, 0.4) is 0 Å². The molecule has 1 N–H and O–H groups in total. The van der Waals surface area contributed by atoms with Crippen LogP contribution in [0.15, 0.2) is 59.0 Å². The highest BCUT2D eigenvalue weighted by Crippen LogP contribution is 2.27. The van der Waals surface area contributed by atoms with Crippen molar-refractivity contribution in [3.8, 4) is 11.6 Å². The number of amides is 1. The molecule has 2 aromatic heterocycles. The van der Waals surface area contributed by atoms with Gasteiger partial charge < -0.3 is 14.3 Å². The third-order valence-electron chi connectivity index (χ3n) is 4.26. The van der Waals surface area contributed by atoms with Gasteiger partial charge in [0.1, 0.15) is 18.1 Å². The van der Waals surface area contributed by atoms with Crippen LogP contribution >= 0.6 is 0 Å². The molecule has 0 radical (unpaired) electrons. The molecule has 136 valence electrons. The van der Waals surface area contributed by atoms with Gasteiger partial charge in [-0.05, 0) is 29.8 Å². The van der Waals surface area contributed by atoms with E-state index in [4.69, 9.17) is 4.42 Å². The van der Waals surface area contributed by atoms with Crippen molar-refractivity contribution in [2.45, 2.75) is 20.0 Å². The minimum Gasteiger partial charge on any atom is -0.420 e. The number of benzene rings is 2. The normalized spacial score (nSPS) is 11.0. The van der Waals surface area contributed by atoms with E-state index in [1.807, 2.05) is 34.9 Å². The van der Waals surface area contributed by atoms with Gasteiger partial charge in [0.25, 0.3) is 5.89 Å². The van der Waals surface area contributed by atoms with Crippen molar-refractivity contribution in [3.05, 3.63) is 71.9 Å². The number of aromatic nitrogens is 3. The number of carbonyl (C=O) groups excluding carboxylic acids is 1. The minimum absolute atomic E-state index is 0.103. The molecule has 7 heteroatoms. The Balaban J connectivity index is 1.58. The van der Waals surface area contributed by atoms with Crippen LogP contribution in [0.4, 0.5) is 4.39 Å². The van der Waals surface area contributed by atoms with E-state index in [1.165, 1.54) is 12.1 Å². The van der Waals surface area contributed by atoms with Crippen LogP contribution < -0.4 is 5.32 Å². The molecule has 0 bridgehead atoms. The molecule has 27 heavy (non-hydrogen) atoms. The Hall–Kier alpha value is -3.48. The second kappa shape index (κ2) is 7.03. The van der Waals surface area contributed by atoms with E-state index in [9.17, 15) is 9.18 Å². The van der Waals surface area contributed by atoms with Gasteiger partial charge >= 0.3 is 0 Å². The number of carbonyl (C=O) groups is 1. The standard InChI is InChI=1S/C20H17FN4O2/c1-13-23-24-20(27-13)18-10-15-4-2-3-5-17(15)25(18)12-19(26)22-11-14-6-8-16(21)9-7-14/h2-10H,11-12H2,1H3,(H,22,26). The number of para-hydroxylation sites is 1. The largest absolute Gasteiger partial charge is 0.420 e. The Labute approximate surface area is 154 Å². The molecule has 0 aliphatic rings. The Bertz CT molecular complexity index is 1100. The Morgan fingerprint density at radius 3 is 2.67 bits per heavy atom. The predicted molar refractivity (Wildman–Crippen MR) is 98.2 cm³/mol. The van der Waals surface area contributed by atoms with E-state index in [1.54, 1.807) is 19.1 Å². The van der Waals surface area contributed by atoms with Gasteiger partial charge in [0.15, 0.2) is 0 Å². The van der Waals surface area contributed by atoms with Crippen molar-refractivity contribution < 1.29 is 13.6 Å². The molecule has 2 aromatic carbocycles. The van der Waals surface area contributed by atoms with Crippen LogP contribution in [-0.4, -0.2) is 20.7 Å². The van der Waals surface area contributed by atoms with Crippen LogP contribution in [-0.2, 0) is 17.9 Å². The molecule has 0 spiro atoms. The van der Waals surface area contributed by atoms with Gasteiger partial charge in [-0.3, -0.25) is 4.79 Å². The van der Waals surface area contributed by atoms with E-state index < -0.39 is 0 Å². The van der Waals surface area contributed by atoms with Crippen LogP contribution in [0, 0.1) is 12.7 Å². The van der Waals surface area contributed by atoms with Gasteiger partial charge in [0.2, 0.25) is 11.8 Å². The molecule has 4 aromatic rings. The van der Waals surface area contributed by atoms with Gasteiger partial charge in [-0.1, -0.05) is 30.3 Å². The lowest BCUT2D eigenvalue weighted by Gasteiger charge is -2.10. The molecule has 0 saturated carbocycles. The maximum absolute atomic E-state index is 13.0. The number of halogens is 1. The quantitative estimate of drug-likeness (QED) is 0.589. The monoisotopic (exact) mass is 364 g/mol. The third kappa shape index (κ3) is 3.57. The van der Waals surface area contributed by atoms with Crippen molar-refractivity contribution in [3.63, 3.8) is 0 Å². The lowest BCUT2D eigenvalue weighted by atomic mass is 10.2. The Morgan fingerprint density at radius 1 is 1.15 bits per heavy atom. The highest BCUT2D eigenvalue weighted by molar-refractivity contribution is 5.88. The molecular weight excluding hydrogens is 347 g/mol. The first-order valence-corrected chi connectivity index (χ1v) is 8.50. The third-order valence-corrected chi connectivity index (χ3v) is 4.26. The zero-order valence-corrected chi connectivity index (χ0v) is 14.6. The zero-order chi connectivity index (χ0) is 18.8. The number of nitrogens with zero attached hydrogens (tertiary/aromatic N) is 3. The molecule has 0 unspecified atom stereocenters. The highest BCUT2D eigenvalue weighted by atomic mass is 19.1. The fourth-order valence-electron chi connectivity index (χ4n) is 2.96. The average Bonchev–Trinajstić information content (AvgIpc) is 3.25. The maximum atomic E-state index is 13.0. The average molecular weight is 364 g/mol. The van der Waals surface area contributed by atoms with Crippen molar-refractivity contribution >= 4 is 16.8 Å². The summed E-state index contributed by atoms with van der Waals surface area (Å²) >= 11 is 0. The van der Waals surface area contributed by atoms with E-state index in [-0.39, 0.29) is 18.3 Å².